The van der Waals surface area contributed by atoms with Crippen LogP contribution in [0, 0.1) is 0 Å². The highest BCUT2D eigenvalue weighted by Crippen LogP contribution is 2.22. The first-order valence-corrected chi connectivity index (χ1v) is 8.55. The molecule has 19 heavy (non-hydrogen) atoms. The maximum Gasteiger partial charge on any atom is 0.149 e. The molecule has 7 heteroatoms. The third kappa shape index (κ3) is 3.87. The SMILES string of the molecule is CC(CS(C)(=O)=O)Nc1ccnc2cc(Br)cnc12. The van der Waals surface area contributed by atoms with Gasteiger partial charge in [-0.1, -0.05) is 0 Å². The monoisotopic (exact) mass is 343 g/mol. The number of halogens is 1. The first-order valence-electron chi connectivity index (χ1n) is 5.70. The fraction of sp³-hybridized carbons (Fsp3) is 0.333. The number of nitrogens with zero attached hydrogens (tertiary/aromatic N) is 2. The van der Waals surface area contributed by atoms with Gasteiger partial charge >= 0.3 is 0 Å². The Hall–Kier alpha value is -1.21. The third-order valence-electron chi connectivity index (χ3n) is 2.50. The Morgan fingerprint density at radius 3 is 2.84 bits per heavy atom. The van der Waals surface area contributed by atoms with Crippen molar-refractivity contribution in [2.45, 2.75) is 13.0 Å². The number of rotatable bonds is 4. The summed E-state index contributed by atoms with van der Waals surface area (Å²) in [5.74, 6) is 0.0767. The molecule has 0 radical (unpaired) electrons. The molecule has 2 heterocycles. The van der Waals surface area contributed by atoms with E-state index in [4.69, 9.17) is 0 Å². The van der Waals surface area contributed by atoms with Crippen LogP contribution in [0.1, 0.15) is 6.92 Å². The molecule has 2 aromatic heterocycles. The Balaban J connectivity index is 2.30. The molecular formula is C12H14BrN3O2S. The Kier molecular flexibility index (Phi) is 4.05. The molecule has 0 spiro atoms. The molecule has 0 saturated heterocycles. The van der Waals surface area contributed by atoms with Crippen LogP contribution in [-0.4, -0.2) is 36.4 Å². The highest BCUT2D eigenvalue weighted by atomic mass is 79.9. The molecular weight excluding hydrogens is 330 g/mol. The first kappa shape index (κ1) is 14.2. The zero-order chi connectivity index (χ0) is 14.0. The van der Waals surface area contributed by atoms with Gasteiger partial charge in [0.05, 0.1) is 17.0 Å². The van der Waals surface area contributed by atoms with Gasteiger partial charge < -0.3 is 5.32 Å². The lowest BCUT2D eigenvalue weighted by molar-refractivity contribution is 0.598. The van der Waals surface area contributed by atoms with Crippen LogP contribution in [0.3, 0.4) is 0 Å². The van der Waals surface area contributed by atoms with Crippen LogP contribution in [0.15, 0.2) is 29.0 Å². The topological polar surface area (TPSA) is 72.0 Å². The minimum absolute atomic E-state index is 0.0767. The number of nitrogens with one attached hydrogen (secondary N) is 1. The summed E-state index contributed by atoms with van der Waals surface area (Å²) in [4.78, 5) is 8.54. The van der Waals surface area contributed by atoms with E-state index in [1.54, 1.807) is 18.5 Å². The van der Waals surface area contributed by atoms with Crippen LogP contribution >= 0.6 is 15.9 Å². The van der Waals surface area contributed by atoms with E-state index < -0.39 is 9.84 Å². The largest absolute Gasteiger partial charge is 0.380 e. The van der Waals surface area contributed by atoms with E-state index in [-0.39, 0.29) is 11.8 Å². The molecule has 5 nitrogen and oxygen atoms in total. The highest BCUT2D eigenvalue weighted by molar-refractivity contribution is 9.10. The van der Waals surface area contributed by atoms with Crippen LogP contribution in [0.5, 0.6) is 0 Å². The number of sulfone groups is 1. The minimum Gasteiger partial charge on any atom is -0.380 e. The van der Waals surface area contributed by atoms with Crippen molar-refractivity contribution in [3.8, 4) is 0 Å². The Morgan fingerprint density at radius 2 is 2.16 bits per heavy atom. The molecule has 0 bridgehead atoms. The first-order chi connectivity index (χ1) is 8.85. The Bertz CT molecular complexity index is 703. The predicted molar refractivity (Wildman–Crippen MR) is 80.0 cm³/mol. The third-order valence-corrected chi connectivity index (χ3v) is 4.04. The van der Waals surface area contributed by atoms with Gasteiger partial charge in [-0.3, -0.25) is 9.97 Å². The number of anilines is 1. The normalized spacial score (nSPS) is 13.4. The van der Waals surface area contributed by atoms with E-state index in [1.807, 2.05) is 13.0 Å². The predicted octanol–water partition coefficient (Wildman–Crippen LogP) is 2.24. The molecule has 0 saturated carbocycles. The van der Waals surface area contributed by atoms with Crippen molar-refractivity contribution in [2.75, 3.05) is 17.3 Å². The fourth-order valence-electron chi connectivity index (χ4n) is 1.88. The molecule has 0 aliphatic rings. The molecule has 1 unspecified atom stereocenters. The van der Waals surface area contributed by atoms with Crippen molar-refractivity contribution in [3.05, 3.63) is 29.0 Å². The molecule has 0 aliphatic heterocycles. The van der Waals surface area contributed by atoms with Crippen LogP contribution in [0.4, 0.5) is 5.69 Å². The van der Waals surface area contributed by atoms with Crippen LogP contribution in [-0.2, 0) is 9.84 Å². The van der Waals surface area contributed by atoms with E-state index in [0.29, 0.717) is 0 Å². The molecule has 1 atom stereocenters. The summed E-state index contributed by atoms with van der Waals surface area (Å²) < 4.78 is 23.4. The Morgan fingerprint density at radius 1 is 1.42 bits per heavy atom. The minimum atomic E-state index is -3.01. The van der Waals surface area contributed by atoms with Crippen LogP contribution in [0.2, 0.25) is 0 Å². The van der Waals surface area contributed by atoms with Gasteiger partial charge in [-0.25, -0.2) is 8.42 Å². The fourth-order valence-corrected chi connectivity index (χ4v) is 3.19. The van der Waals surface area contributed by atoms with E-state index in [1.165, 1.54) is 6.26 Å². The smallest absolute Gasteiger partial charge is 0.149 e. The number of hydrogen-bond acceptors (Lipinski definition) is 5. The highest BCUT2D eigenvalue weighted by Gasteiger charge is 2.12. The van der Waals surface area contributed by atoms with Crippen molar-refractivity contribution in [2.24, 2.45) is 0 Å². The van der Waals surface area contributed by atoms with Gasteiger partial charge in [-0.15, -0.1) is 0 Å². The number of hydrogen-bond donors (Lipinski definition) is 1. The van der Waals surface area contributed by atoms with Gasteiger partial charge in [-0.05, 0) is 35.0 Å². The van der Waals surface area contributed by atoms with Crippen molar-refractivity contribution >= 4 is 42.5 Å². The second-order valence-corrected chi connectivity index (χ2v) is 7.62. The zero-order valence-corrected chi connectivity index (χ0v) is 13.0. The van der Waals surface area contributed by atoms with Gasteiger partial charge in [0.15, 0.2) is 0 Å². The average molecular weight is 344 g/mol. The maximum atomic E-state index is 11.3. The molecule has 0 aromatic carbocycles. The van der Waals surface area contributed by atoms with Crippen molar-refractivity contribution in [3.63, 3.8) is 0 Å². The van der Waals surface area contributed by atoms with Gasteiger partial charge in [0.1, 0.15) is 15.4 Å². The molecule has 0 fully saturated rings. The number of fused-ring (bicyclic) bond motifs is 1. The van der Waals surface area contributed by atoms with Gasteiger partial charge in [-0.2, -0.15) is 0 Å². The molecule has 2 aromatic rings. The van der Waals surface area contributed by atoms with E-state index in [9.17, 15) is 8.42 Å². The lowest BCUT2D eigenvalue weighted by atomic mass is 10.2. The van der Waals surface area contributed by atoms with Gasteiger partial charge in [0.25, 0.3) is 0 Å². The van der Waals surface area contributed by atoms with Crippen molar-refractivity contribution < 1.29 is 8.42 Å². The van der Waals surface area contributed by atoms with Crippen molar-refractivity contribution in [1.29, 1.82) is 0 Å². The van der Waals surface area contributed by atoms with Gasteiger partial charge in [0, 0.05) is 29.2 Å². The number of aromatic nitrogens is 2. The molecule has 1 N–H and O–H groups in total. The summed E-state index contributed by atoms with van der Waals surface area (Å²) >= 11 is 3.35. The molecule has 0 aliphatic carbocycles. The second-order valence-electron chi connectivity index (χ2n) is 4.52. The lowest BCUT2D eigenvalue weighted by Crippen LogP contribution is -2.25. The van der Waals surface area contributed by atoms with Gasteiger partial charge in [0.2, 0.25) is 0 Å². The van der Waals surface area contributed by atoms with Crippen LogP contribution < -0.4 is 5.32 Å². The summed E-state index contributed by atoms with van der Waals surface area (Å²) in [6.07, 6.45) is 4.59. The van der Waals surface area contributed by atoms with E-state index >= 15 is 0 Å². The molecule has 0 amide bonds. The molecule has 102 valence electrons. The van der Waals surface area contributed by atoms with E-state index in [2.05, 4.69) is 31.2 Å². The summed E-state index contributed by atoms with van der Waals surface area (Å²) in [5.41, 5.74) is 2.27. The summed E-state index contributed by atoms with van der Waals surface area (Å²) in [5, 5.41) is 3.16. The van der Waals surface area contributed by atoms with Crippen LogP contribution in [0.25, 0.3) is 11.0 Å². The standard InChI is InChI=1S/C12H14BrN3O2S/c1-8(7-19(2,17)18)16-10-3-4-14-11-5-9(13)6-15-12(10)11/h3-6,8H,7H2,1-2H3,(H,14,16). The maximum absolute atomic E-state index is 11.3. The summed E-state index contributed by atoms with van der Waals surface area (Å²) in [6.45, 7) is 1.83. The summed E-state index contributed by atoms with van der Waals surface area (Å²) in [7, 11) is -3.01. The number of pyridine rings is 2. The zero-order valence-electron chi connectivity index (χ0n) is 10.6. The Labute approximate surface area is 120 Å². The summed E-state index contributed by atoms with van der Waals surface area (Å²) in [6, 6.07) is 3.47. The average Bonchev–Trinajstić information content (AvgIpc) is 2.26. The van der Waals surface area contributed by atoms with E-state index in [0.717, 1.165) is 21.2 Å². The lowest BCUT2D eigenvalue weighted by Gasteiger charge is -2.15. The second kappa shape index (κ2) is 5.42. The van der Waals surface area contributed by atoms with Crippen molar-refractivity contribution in [1.82, 2.24) is 9.97 Å². The molecule has 2 rings (SSSR count). The quantitative estimate of drug-likeness (QED) is 0.921.